The molecule has 0 amide bonds. The molecule has 0 saturated heterocycles. The molecule has 1 atom stereocenters. The molecule has 0 aliphatic heterocycles. The average Bonchev–Trinajstić information content (AvgIpc) is 2.39. The Morgan fingerprint density at radius 3 is 1.50 bits per heavy atom. The molecule has 122 valence electrons. The van der Waals surface area contributed by atoms with Crippen LogP contribution in [0.3, 0.4) is 0 Å². The molecule has 0 aliphatic rings. The van der Waals surface area contributed by atoms with Gasteiger partial charge < -0.3 is 10.8 Å². The van der Waals surface area contributed by atoms with Crippen LogP contribution in [-0.2, 0) is 0 Å². The first-order chi connectivity index (χ1) is 9.37. The van der Waals surface area contributed by atoms with E-state index in [0.29, 0.717) is 6.54 Å². The van der Waals surface area contributed by atoms with Crippen molar-refractivity contribution in [3.8, 4) is 0 Å². The lowest BCUT2D eigenvalue weighted by Crippen LogP contribution is -2.49. The first-order valence-corrected chi connectivity index (χ1v) is 8.80. The van der Waals surface area contributed by atoms with Crippen molar-refractivity contribution in [2.45, 2.75) is 104 Å². The number of aliphatic hydroxyl groups is 1. The van der Waals surface area contributed by atoms with Crippen LogP contribution in [0.25, 0.3) is 0 Å². The lowest BCUT2D eigenvalue weighted by molar-refractivity contribution is -0.0579. The summed E-state index contributed by atoms with van der Waals surface area (Å²) in [4.78, 5) is 0. The molecule has 20 heavy (non-hydrogen) atoms. The van der Waals surface area contributed by atoms with E-state index in [4.69, 9.17) is 5.73 Å². The SMILES string of the molecule is CCCCCCCCCCCCC(O)(CN)C(C)(C)C. The lowest BCUT2D eigenvalue weighted by Gasteiger charge is -2.39. The highest BCUT2D eigenvalue weighted by Gasteiger charge is 2.37. The van der Waals surface area contributed by atoms with Gasteiger partial charge in [-0.3, -0.25) is 0 Å². The third kappa shape index (κ3) is 8.26. The van der Waals surface area contributed by atoms with Crippen LogP contribution < -0.4 is 5.73 Å². The molecule has 0 aliphatic carbocycles. The van der Waals surface area contributed by atoms with Crippen molar-refractivity contribution in [3.63, 3.8) is 0 Å². The number of unbranched alkanes of at least 4 members (excludes halogenated alkanes) is 9. The van der Waals surface area contributed by atoms with Crippen LogP contribution >= 0.6 is 0 Å². The van der Waals surface area contributed by atoms with E-state index in [1.807, 2.05) is 0 Å². The van der Waals surface area contributed by atoms with E-state index in [1.54, 1.807) is 0 Å². The van der Waals surface area contributed by atoms with Gasteiger partial charge in [0.05, 0.1) is 5.60 Å². The van der Waals surface area contributed by atoms with E-state index < -0.39 is 5.60 Å². The Morgan fingerprint density at radius 1 is 0.750 bits per heavy atom. The summed E-state index contributed by atoms with van der Waals surface area (Å²) in [6.45, 7) is 8.87. The molecule has 0 aromatic carbocycles. The molecule has 3 N–H and O–H groups in total. The lowest BCUT2D eigenvalue weighted by atomic mass is 9.73. The highest BCUT2D eigenvalue weighted by atomic mass is 16.3. The van der Waals surface area contributed by atoms with Crippen molar-refractivity contribution in [3.05, 3.63) is 0 Å². The Hall–Kier alpha value is -0.0800. The maximum Gasteiger partial charge on any atom is 0.0817 e. The minimum absolute atomic E-state index is 0.124. The molecule has 0 fully saturated rings. The summed E-state index contributed by atoms with van der Waals surface area (Å²) in [5.74, 6) is 0. The smallest absolute Gasteiger partial charge is 0.0817 e. The summed E-state index contributed by atoms with van der Waals surface area (Å²) >= 11 is 0. The van der Waals surface area contributed by atoms with E-state index in [0.717, 1.165) is 12.8 Å². The fourth-order valence-electron chi connectivity index (χ4n) is 2.69. The zero-order valence-corrected chi connectivity index (χ0v) is 14.5. The first kappa shape index (κ1) is 19.9. The molecule has 0 saturated carbocycles. The molecule has 0 aromatic heterocycles. The second kappa shape index (κ2) is 10.6. The van der Waals surface area contributed by atoms with Crippen LogP contribution in [0, 0.1) is 5.41 Å². The molecule has 0 aromatic rings. The van der Waals surface area contributed by atoms with Crippen molar-refractivity contribution >= 4 is 0 Å². The summed E-state index contributed by atoms with van der Waals surface area (Å²) in [5.41, 5.74) is 4.94. The van der Waals surface area contributed by atoms with Crippen molar-refractivity contribution in [2.75, 3.05) is 6.54 Å². The molecule has 2 nitrogen and oxygen atoms in total. The topological polar surface area (TPSA) is 46.2 Å². The van der Waals surface area contributed by atoms with Gasteiger partial charge in [0.1, 0.15) is 0 Å². The molecule has 2 heteroatoms. The third-order valence-electron chi connectivity index (χ3n) is 4.68. The minimum Gasteiger partial charge on any atom is -0.388 e. The van der Waals surface area contributed by atoms with E-state index in [-0.39, 0.29) is 5.41 Å². The Kier molecular flexibility index (Phi) is 10.6. The van der Waals surface area contributed by atoms with Gasteiger partial charge in [0.15, 0.2) is 0 Å². The van der Waals surface area contributed by atoms with Crippen LogP contribution in [0.5, 0.6) is 0 Å². The monoisotopic (exact) mass is 285 g/mol. The van der Waals surface area contributed by atoms with Crippen molar-refractivity contribution in [1.82, 2.24) is 0 Å². The van der Waals surface area contributed by atoms with Crippen LogP contribution in [-0.4, -0.2) is 17.3 Å². The quantitative estimate of drug-likeness (QED) is 0.494. The van der Waals surface area contributed by atoms with Gasteiger partial charge in [-0.1, -0.05) is 91.9 Å². The predicted octanol–water partition coefficient (Wildman–Crippen LogP) is 5.03. The van der Waals surface area contributed by atoms with E-state index in [9.17, 15) is 5.11 Å². The minimum atomic E-state index is -0.701. The fourth-order valence-corrected chi connectivity index (χ4v) is 2.69. The molecule has 0 rings (SSSR count). The predicted molar refractivity (Wildman–Crippen MR) is 89.9 cm³/mol. The summed E-state index contributed by atoms with van der Waals surface area (Å²) in [5, 5.41) is 10.6. The Balaban J connectivity index is 3.52. The van der Waals surface area contributed by atoms with Crippen molar-refractivity contribution < 1.29 is 5.11 Å². The highest BCUT2D eigenvalue weighted by Crippen LogP contribution is 2.33. The van der Waals surface area contributed by atoms with Crippen molar-refractivity contribution in [1.29, 1.82) is 0 Å². The molecule has 0 radical (unpaired) electrons. The van der Waals surface area contributed by atoms with Gasteiger partial charge >= 0.3 is 0 Å². The van der Waals surface area contributed by atoms with Gasteiger partial charge in [-0.15, -0.1) is 0 Å². The number of hydrogen-bond acceptors (Lipinski definition) is 2. The molecular weight excluding hydrogens is 246 g/mol. The molecule has 1 unspecified atom stereocenters. The van der Waals surface area contributed by atoms with Crippen molar-refractivity contribution in [2.24, 2.45) is 11.1 Å². The maximum atomic E-state index is 10.6. The van der Waals surface area contributed by atoms with E-state index in [2.05, 4.69) is 27.7 Å². The maximum absolute atomic E-state index is 10.6. The molecule has 0 bridgehead atoms. The molecular formula is C18H39NO. The number of nitrogens with two attached hydrogens (primary N) is 1. The van der Waals surface area contributed by atoms with Gasteiger partial charge in [-0.2, -0.15) is 0 Å². The third-order valence-corrected chi connectivity index (χ3v) is 4.68. The largest absolute Gasteiger partial charge is 0.388 e. The Labute approximate surface area is 127 Å². The summed E-state index contributed by atoms with van der Waals surface area (Å²) in [7, 11) is 0. The van der Waals surface area contributed by atoms with Gasteiger partial charge in [0.25, 0.3) is 0 Å². The Bertz CT molecular complexity index is 222. The fraction of sp³-hybridized carbons (Fsp3) is 1.00. The van der Waals surface area contributed by atoms with Gasteiger partial charge in [-0.05, 0) is 11.8 Å². The summed E-state index contributed by atoms with van der Waals surface area (Å²) in [6.07, 6.45) is 14.1. The summed E-state index contributed by atoms with van der Waals surface area (Å²) in [6, 6.07) is 0. The number of hydrogen-bond donors (Lipinski definition) is 2. The zero-order chi connectivity index (χ0) is 15.5. The van der Waals surface area contributed by atoms with Crippen LogP contribution in [0.4, 0.5) is 0 Å². The standard InChI is InChI=1S/C18H39NO/c1-5-6-7-8-9-10-11-12-13-14-15-18(20,16-19)17(2,3)4/h20H,5-16,19H2,1-4H3. The van der Waals surface area contributed by atoms with Crippen LogP contribution in [0.1, 0.15) is 98.3 Å². The van der Waals surface area contributed by atoms with Crippen LogP contribution in [0.15, 0.2) is 0 Å². The van der Waals surface area contributed by atoms with Gasteiger partial charge in [0.2, 0.25) is 0 Å². The van der Waals surface area contributed by atoms with E-state index in [1.165, 1.54) is 57.8 Å². The second-order valence-corrected chi connectivity index (χ2v) is 7.42. The second-order valence-electron chi connectivity index (χ2n) is 7.42. The zero-order valence-electron chi connectivity index (χ0n) is 14.5. The van der Waals surface area contributed by atoms with Crippen LogP contribution in [0.2, 0.25) is 0 Å². The molecule has 0 spiro atoms. The summed E-state index contributed by atoms with van der Waals surface area (Å²) < 4.78 is 0. The number of rotatable bonds is 12. The molecule has 0 heterocycles. The van der Waals surface area contributed by atoms with Gasteiger partial charge in [-0.25, -0.2) is 0 Å². The highest BCUT2D eigenvalue weighted by molar-refractivity contribution is 4.91. The Morgan fingerprint density at radius 2 is 1.15 bits per heavy atom. The average molecular weight is 286 g/mol. The first-order valence-electron chi connectivity index (χ1n) is 8.80. The van der Waals surface area contributed by atoms with E-state index >= 15 is 0 Å². The van der Waals surface area contributed by atoms with Gasteiger partial charge in [0, 0.05) is 6.54 Å². The normalized spacial score (nSPS) is 15.3.